The highest BCUT2D eigenvalue weighted by Crippen LogP contribution is 2.26. The summed E-state index contributed by atoms with van der Waals surface area (Å²) in [6.45, 7) is 11.9. The number of aryl methyl sites for hydroxylation is 1. The number of benzene rings is 2. The second-order valence-corrected chi connectivity index (χ2v) is 6.70. The predicted octanol–water partition coefficient (Wildman–Crippen LogP) is 4.86. The van der Waals surface area contributed by atoms with Gasteiger partial charge < -0.3 is 14.8 Å². The molecule has 0 aliphatic rings. The quantitative estimate of drug-likeness (QED) is 0.751. The van der Waals surface area contributed by atoms with Gasteiger partial charge >= 0.3 is 0 Å². The lowest BCUT2D eigenvalue weighted by atomic mass is 10.1. The average Bonchev–Trinajstić information content (AvgIpc) is 2.48. The van der Waals surface area contributed by atoms with Gasteiger partial charge in [-0.2, -0.15) is 0 Å². The van der Waals surface area contributed by atoms with Gasteiger partial charge in [0.15, 0.2) is 0 Å². The number of ether oxygens (including phenoxy) is 2. The first kappa shape index (κ1) is 18.3. The van der Waals surface area contributed by atoms with Gasteiger partial charge in [-0.05, 0) is 46.2 Å². The summed E-state index contributed by atoms with van der Waals surface area (Å²) in [4.78, 5) is 0. The summed E-state index contributed by atoms with van der Waals surface area (Å²) >= 11 is 0. The fourth-order valence-electron chi connectivity index (χ4n) is 2.55. The molecule has 130 valence electrons. The number of hydrogen-bond donors (Lipinski definition) is 1. The lowest BCUT2D eigenvalue weighted by Crippen LogP contribution is -2.15. The van der Waals surface area contributed by atoms with Crippen molar-refractivity contribution in [2.24, 2.45) is 0 Å². The molecule has 0 spiro atoms. The van der Waals surface area contributed by atoms with Crippen LogP contribution in [0.3, 0.4) is 0 Å². The number of hydrogen-bond acceptors (Lipinski definition) is 3. The molecule has 0 bridgehead atoms. The maximum atomic E-state index is 5.97. The van der Waals surface area contributed by atoms with Crippen LogP contribution in [-0.2, 0) is 13.1 Å². The van der Waals surface area contributed by atoms with E-state index >= 15 is 0 Å². The van der Waals surface area contributed by atoms with Crippen LogP contribution in [0.1, 0.15) is 44.4 Å². The van der Waals surface area contributed by atoms with E-state index in [9.17, 15) is 0 Å². The lowest BCUT2D eigenvalue weighted by molar-refractivity contribution is 0.227. The third kappa shape index (κ3) is 5.89. The van der Waals surface area contributed by atoms with E-state index in [4.69, 9.17) is 9.47 Å². The van der Waals surface area contributed by atoms with Gasteiger partial charge in [-0.1, -0.05) is 35.9 Å². The Bertz CT molecular complexity index is 650. The van der Waals surface area contributed by atoms with Crippen LogP contribution >= 0.6 is 0 Å². The smallest absolute Gasteiger partial charge is 0.127 e. The van der Waals surface area contributed by atoms with Crippen LogP contribution < -0.4 is 14.8 Å². The largest absolute Gasteiger partial charge is 0.491 e. The van der Waals surface area contributed by atoms with Crippen molar-refractivity contribution in [1.29, 1.82) is 0 Å². The van der Waals surface area contributed by atoms with E-state index in [1.807, 2.05) is 39.8 Å². The fourth-order valence-corrected chi connectivity index (χ4v) is 2.55. The first-order valence-electron chi connectivity index (χ1n) is 8.66. The van der Waals surface area contributed by atoms with E-state index < -0.39 is 0 Å². The Kier molecular flexibility index (Phi) is 6.68. The summed E-state index contributed by atoms with van der Waals surface area (Å²) in [5.41, 5.74) is 3.72. The average molecular weight is 327 g/mol. The van der Waals surface area contributed by atoms with Crippen molar-refractivity contribution in [1.82, 2.24) is 5.32 Å². The molecule has 1 N–H and O–H groups in total. The zero-order valence-corrected chi connectivity index (χ0v) is 15.4. The molecule has 0 atom stereocenters. The third-order valence-corrected chi connectivity index (χ3v) is 3.50. The van der Waals surface area contributed by atoms with Crippen molar-refractivity contribution >= 4 is 0 Å². The Balaban J connectivity index is 2.04. The van der Waals surface area contributed by atoms with Gasteiger partial charge in [0.25, 0.3) is 0 Å². The Labute approximate surface area is 146 Å². The summed E-state index contributed by atoms with van der Waals surface area (Å²) in [5, 5.41) is 3.50. The Morgan fingerprint density at radius 2 is 1.62 bits per heavy atom. The standard InChI is InChI=1S/C21H29NO2/c1-15(2)23-20-10-9-19(21(12-20)24-16(3)4)14-22-13-18-8-6-7-17(5)11-18/h6-12,15-16,22H,13-14H2,1-5H3. The van der Waals surface area contributed by atoms with Crippen molar-refractivity contribution in [2.45, 2.75) is 59.9 Å². The number of rotatable bonds is 8. The van der Waals surface area contributed by atoms with Gasteiger partial charge in [0.05, 0.1) is 12.2 Å². The molecule has 2 aromatic rings. The van der Waals surface area contributed by atoms with Crippen LogP contribution in [-0.4, -0.2) is 12.2 Å². The summed E-state index contributed by atoms with van der Waals surface area (Å²) in [6.07, 6.45) is 0.289. The zero-order chi connectivity index (χ0) is 17.5. The van der Waals surface area contributed by atoms with Crippen LogP contribution in [0.5, 0.6) is 11.5 Å². The first-order chi connectivity index (χ1) is 11.4. The van der Waals surface area contributed by atoms with E-state index in [0.29, 0.717) is 0 Å². The molecule has 2 rings (SSSR count). The molecule has 0 unspecified atom stereocenters. The summed E-state index contributed by atoms with van der Waals surface area (Å²) in [6, 6.07) is 14.6. The lowest BCUT2D eigenvalue weighted by Gasteiger charge is -2.17. The van der Waals surface area contributed by atoms with Crippen LogP contribution in [0.2, 0.25) is 0 Å². The second-order valence-electron chi connectivity index (χ2n) is 6.70. The van der Waals surface area contributed by atoms with Crippen molar-refractivity contribution in [2.75, 3.05) is 0 Å². The van der Waals surface area contributed by atoms with Gasteiger partial charge in [-0.25, -0.2) is 0 Å². The van der Waals surface area contributed by atoms with Crippen molar-refractivity contribution < 1.29 is 9.47 Å². The first-order valence-corrected chi connectivity index (χ1v) is 8.66. The molecule has 3 nitrogen and oxygen atoms in total. The molecule has 0 heterocycles. The fraction of sp³-hybridized carbons (Fsp3) is 0.429. The van der Waals surface area contributed by atoms with Crippen LogP contribution in [0.25, 0.3) is 0 Å². The molecule has 0 fully saturated rings. The number of nitrogens with one attached hydrogen (secondary N) is 1. The van der Waals surface area contributed by atoms with Crippen molar-refractivity contribution in [3.05, 3.63) is 59.2 Å². The van der Waals surface area contributed by atoms with Gasteiger partial charge in [-0.15, -0.1) is 0 Å². The monoisotopic (exact) mass is 327 g/mol. The minimum absolute atomic E-state index is 0.134. The molecule has 0 aromatic heterocycles. The van der Waals surface area contributed by atoms with Gasteiger partial charge in [0.1, 0.15) is 11.5 Å². The molecule has 0 aliphatic carbocycles. The van der Waals surface area contributed by atoms with E-state index in [1.54, 1.807) is 0 Å². The van der Waals surface area contributed by atoms with Crippen LogP contribution in [0.4, 0.5) is 0 Å². The van der Waals surface area contributed by atoms with Crippen molar-refractivity contribution in [3.63, 3.8) is 0 Å². The molecule has 0 aliphatic heterocycles. The van der Waals surface area contributed by atoms with E-state index in [2.05, 4.69) is 42.6 Å². The van der Waals surface area contributed by atoms with E-state index in [-0.39, 0.29) is 12.2 Å². The summed E-state index contributed by atoms with van der Waals surface area (Å²) in [5.74, 6) is 1.74. The van der Waals surface area contributed by atoms with Gasteiger partial charge in [-0.3, -0.25) is 0 Å². The highest BCUT2D eigenvalue weighted by atomic mass is 16.5. The summed E-state index contributed by atoms with van der Waals surface area (Å²) in [7, 11) is 0. The highest BCUT2D eigenvalue weighted by Gasteiger charge is 2.09. The van der Waals surface area contributed by atoms with Gasteiger partial charge in [0, 0.05) is 24.7 Å². The van der Waals surface area contributed by atoms with Crippen LogP contribution in [0.15, 0.2) is 42.5 Å². The van der Waals surface area contributed by atoms with Crippen molar-refractivity contribution in [3.8, 4) is 11.5 Å². The van der Waals surface area contributed by atoms with Crippen LogP contribution in [0, 0.1) is 6.92 Å². The predicted molar refractivity (Wildman–Crippen MR) is 99.7 cm³/mol. The molecular formula is C21H29NO2. The topological polar surface area (TPSA) is 30.5 Å². The Hall–Kier alpha value is -2.00. The third-order valence-electron chi connectivity index (χ3n) is 3.50. The van der Waals surface area contributed by atoms with Gasteiger partial charge in [0.2, 0.25) is 0 Å². The Morgan fingerprint density at radius 3 is 2.29 bits per heavy atom. The molecular weight excluding hydrogens is 298 g/mol. The molecule has 24 heavy (non-hydrogen) atoms. The molecule has 0 saturated heterocycles. The summed E-state index contributed by atoms with van der Waals surface area (Å²) < 4.78 is 11.7. The highest BCUT2D eigenvalue weighted by molar-refractivity contribution is 5.41. The maximum absolute atomic E-state index is 5.97. The second kappa shape index (κ2) is 8.74. The maximum Gasteiger partial charge on any atom is 0.127 e. The normalized spacial score (nSPS) is 11.1. The Morgan fingerprint density at radius 1 is 0.875 bits per heavy atom. The minimum Gasteiger partial charge on any atom is -0.491 e. The zero-order valence-electron chi connectivity index (χ0n) is 15.4. The molecule has 3 heteroatoms. The van der Waals surface area contributed by atoms with E-state index in [0.717, 1.165) is 30.2 Å². The SMILES string of the molecule is Cc1cccc(CNCc2ccc(OC(C)C)cc2OC(C)C)c1. The molecule has 2 aromatic carbocycles. The molecule has 0 radical (unpaired) electrons. The molecule has 0 amide bonds. The minimum atomic E-state index is 0.134. The van der Waals surface area contributed by atoms with E-state index in [1.165, 1.54) is 11.1 Å². The molecule has 0 saturated carbocycles.